The van der Waals surface area contributed by atoms with Crippen molar-refractivity contribution in [2.75, 3.05) is 6.54 Å². The SMILES string of the molecule is Cc1cccc(Cc2nc3cccc(C)n3c2CCN)c1. The number of aromatic nitrogens is 2. The average molecular weight is 279 g/mol. The zero-order chi connectivity index (χ0) is 14.8. The Kier molecular flexibility index (Phi) is 3.76. The topological polar surface area (TPSA) is 43.3 Å². The van der Waals surface area contributed by atoms with Crippen molar-refractivity contribution in [3.05, 3.63) is 70.7 Å². The van der Waals surface area contributed by atoms with Crippen molar-refractivity contribution in [3.8, 4) is 0 Å². The first-order valence-electron chi connectivity index (χ1n) is 7.40. The lowest BCUT2D eigenvalue weighted by atomic mass is 10.1. The number of hydrogen-bond donors (Lipinski definition) is 1. The van der Waals surface area contributed by atoms with E-state index in [1.165, 1.54) is 22.5 Å². The molecule has 0 spiro atoms. The van der Waals surface area contributed by atoms with Gasteiger partial charge in [-0.25, -0.2) is 4.98 Å². The molecule has 0 unspecified atom stereocenters. The van der Waals surface area contributed by atoms with E-state index in [0.29, 0.717) is 6.54 Å². The van der Waals surface area contributed by atoms with Crippen molar-refractivity contribution in [2.24, 2.45) is 5.73 Å². The summed E-state index contributed by atoms with van der Waals surface area (Å²) in [6, 6.07) is 14.9. The van der Waals surface area contributed by atoms with Gasteiger partial charge in [0, 0.05) is 24.2 Å². The summed E-state index contributed by atoms with van der Waals surface area (Å²) in [6.45, 7) is 4.88. The Bertz CT molecular complexity index is 771. The van der Waals surface area contributed by atoms with E-state index >= 15 is 0 Å². The Morgan fingerprint density at radius 3 is 2.67 bits per heavy atom. The highest BCUT2D eigenvalue weighted by molar-refractivity contribution is 5.46. The van der Waals surface area contributed by atoms with E-state index in [0.717, 1.165) is 24.2 Å². The Labute approximate surface area is 125 Å². The predicted molar refractivity (Wildman–Crippen MR) is 86.7 cm³/mol. The van der Waals surface area contributed by atoms with E-state index in [1.54, 1.807) is 0 Å². The maximum Gasteiger partial charge on any atom is 0.137 e. The summed E-state index contributed by atoms with van der Waals surface area (Å²) in [5.74, 6) is 0. The highest BCUT2D eigenvalue weighted by atomic mass is 15.0. The molecule has 1 aromatic carbocycles. The van der Waals surface area contributed by atoms with E-state index in [4.69, 9.17) is 10.7 Å². The largest absolute Gasteiger partial charge is 0.330 e. The molecule has 3 nitrogen and oxygen atoms in total. The van der Waals surface area contributed by atoms with Crippen LogP contribution in [0.15, 0.2) is 42.5 Å². The maximum absolute atomic E-state index is 5.81. The molecule has 0 bridgehead atoms. The Hall–Kier alpha value is -2.13. The third-order valence-corrected chi connectivity index (χ3v) is 3.85. The molecular formula is C18H21N3. The molecule has 0 aliphatic heterocycles. The summed E-state index contributed by atoms with van der Waals surface area (Å²) in [4.78, 5) is 4.82. The number of rotatable bonds is 4. The lowest BCUT2D eigenvalue weighted by molar-refractivity contribution is 0.869. The molecule has 3 rings (SSSR count). The zero-order valence-corrected chi connectivity index (χ0v) is 12.6. The minimum Gasteiger partial charge on any atom is -0.330 e. The molecule has 0 saturated carbocycles. The van der Waals surface area contributed by atoms with Gasteiger partial charge in [-0.2, -0.15) is 0 Å². The van der Waals surface area contributed by atoms with Gasteiger partial charge in [0.2, 0.25) is 0 Å². The third kappa shape index (κ3) is 2.69. The van der Waals surface area contributed by atoms with Crippen molar-refractivity contribution in [2.45, 2.75) is 26.7 Å². The van der Waals surface area contributed by atoms with E-state index in [2.05, 4.69) is 60.7 Å². The summed E-state index contributed by atoms with van der Waals surface area (Å²) >= 11 is 0. The second-order valence-electron chi connectivity index (χ2n) is 5.57. The van der Waals surface area contributed by atoms with Crippen molar-refractivity contribution in [1.82, 2.24) is 9.38 Å². The number of aryl methyl sites for hydroxylation is 2. The average Bonchev–Trinajstić information content (AvgIpc) is 2.78. The van der Waals surface area contributed by atoms with Crippen LogP contribution in [0.2, 0.25) is 0 Å². The quantitative estimate of drug-likeness (QED) is 0.797. The first-order chi connectivity index (χ1) is 10.2. The van der Waals surface area contributed by atoms with Crippen LogP contribution in [0.1, 0.15) is 28.2 Å². The summed E-state index contributed by atoms with van der Waals surface area (Å²) in [5, 5.41) is 0. The molecule has 0 saturated heterocycles. The first-order valence-corrected chi connectivity index (χ1v) is 7.40. The van der Waals surface area contributed by atoms with E-state index in [9.17, 15) is 0 Å². The Morgan fingerprint density at radius 1 is 1.10 bits per heavy atom. The summed E-state index contributed by atoms with van der Waals surface area (Å²) in [5.41, 5.74) is 13.0. The van der Waals surface area contributed by atoms with Gasteiger partial charge in [0.05, 0.1) is 5.69 Å². The van der Waals surface area contributed by atoms with Gasteiger partial charge in [-0.15, -0.1) is 0 Å². The second kappa shape index (κ2) is 5.70. The number of nitrogens with zero attached hydrogens (tertiary/aromatic N) is 2. The van der Waals surface area contributed by atoms with E-state index < -0.39 is 0 Å². The van der Waals surface area contributed by atoms with Gasteiger partial charge in [-0.1, -0.05) is 35.9 Å². The number of benzene rings is 1. The standard InChI is InChI=1S/C18H21N3/c1-13-5-3-7-15(11-13)12-16-17(9-10-19)21-14(2)6-4-8-18(21)20-16/h3-8,11H,9-10,12,19H2,1-2H3. The van der Waals surface area contributed by atoms with Crippen LogP contribution in [0, 0.1) is 13.8 Å². The van der Waals surface area contributed by atoms with Gasteiger partial charge in [-0.3, -0.25) is 0 Å². The van der Waals surface area contributed by atoms with Crippen molar-refractivity contribution < 1.29 is 0 Å². The van der Waals surface area contributed by atoms with Gasteiger partial charge in [0.25, 0.3) is 0 Å². The number of imidazole rings is 1. The normalized spacial score (nSPS) is 11.2. The molecule has 0 fully saturated rings. The Morgan fingerprint density at radius 2 is 1.90 bits per heavy atom. The number of nitrogens with two attached hydrogens (primary N) is 1. The summed E-state index contributed by atoms with van der Waals surface area (Å²) in [6.07, 6.45) is 1.71. The van der Waals surface area contributed by atoms with Gasteiger partial charge >= 0.3 is 0 Å². The molecule has 3 aromatic rings. The molecule has 0 aliphatic carbocycles. The minimum absolute atomic E-state index is 0.642. The fourth-order valence-electron chi connectivity index (χ4n) is 2.92. The van der Waals surface area contributed by atoms with Crippen molar-refractivity contribution in [3.63, 3.8) is 0 Å². The van der Waals surface area contributed by atoms with Gasteiger partial charge in [-0.05, 0) is 38.1 Å². The molecule has 2 N–H and O–H groups in total. The molecular weight excluding hydrogens is 258 g/mol. The fraction of sp³-hybridized carbons (Fsp3) is 0.278. The van der Waals surface area contributed by atoms with Crippen LogP contribution in [0.25, 0.3) is 5.65 Å². The molecule has 2 heterocycles. The highest BCUT2D eigenvalue weighted by Gasteiger charge is 2.13. The molecule has 108 valence electrons. The summed E-state index contributed by atoms with van der Waals surface area (Å²) in [7, 11) is 0. The molecule has 0 atom stereocenters. The third-order valence-electron chi connectivity index (χ3n) is 3.85. The van der Waals surface area contributed by atoms with E-state index in [-0.39, 0.29) is 0 Å². The highest BCUT2D eigenvalue weighted by Crippen LogP contribution is 2.19. The second-order valence-corrected chi connectivity index (χ2v) is 5.57. The molecule has 2 aromatic heterocycles. The minimum atomic E-state index is 0.642. The van der Waals surface area contributed by atoms with Crippen molar-refractivity contribution >= 4 is 5.65 Å². The monoisotopic (exact) mass is 279 g/mol. The molecule has 3 heteroatoms. The van der Waals surface area contributed by atoms with E-state index in [1.807, 2.05) is 0 Å². The van der Waals surface area contributed by atoms with Gasteiger partial charge in [0.15, 0.2) is 0 Å². The molecule has 0 aliphatic rings. The predicted octanol–water partition coefficient (Wildman–Crippen LogP) is 3.04. The lowest BCUT2D eigenvalue weighted by Crippen LogP contribution is -2.08. The number of pyridine rings is 1. The van der Waals surface area contributed by atoms with Crippen LogP contribution in [0.3, 0.4) is 0 Å². The van der Waals surface area contributed by atoms with Crippen LogP contribution in [-0.4, -0.2) is 15.9 Å². The molecule has 0 radical (unpaired) electrons. The fourth-order valence-corrected chi connectivity index (χ4v) is 2.92. The zero-order valence-electron chi connectivity index (χ0n) is 12.6. The van der Waals surface area contributed by atoms with Crippen molar-refractivity contribution in [1.29, 1.82) is 0 Å². The maximum atomic E-state index is 5.81. The van der Waals surface area contributed by atoms with Crippen LogP contribution in [0.5, 0.6) is 0 Å². The van der Waals surface area contributed by atoms with Crippen LogP contribution >= 0.6 is 0 Å². The molecule has 0 amide bonds. The lowest BCUT2D eigenvalue weighted by Gasteiger charge is -2.07. The summed E-state index contributed by atoms with van der Waals surface area (Å²) < 4.78 is 2.23. The van der Waals surface area contributed by atoms with Crippen LogP contribution in [-0.2, 0) is 12.8 Å². The van der Waals surface area contributed by atoms with Crippen LogP contribution < -0.4 is 5.73 Å². The smallest absolute Gasteiger partial charge is 0.137 e. The number of fused-ring (bicyclic) bond motifs is 1. The van der Waals surface area contributed by atoms with Gasteiger partial charge < -0.3 is 10.1 Å². The number of hydrogen-bond acceptors (Lipinski definition) is 2. The Balaban J connectivity index is 2.09. The first kappa shape index (κ1) is 13.8. The van der Waals surface area contributed by atoms with Gasteiger partial charge in [0.1, 0.15) is 5.65 Å². The van der Waals surface area contributed by atoms with Crippen LogP contribution in [0.4, 0.5) is 0 Å². The molecule has 21 heavy (non-hydrogen) atoms.